The second kappa shape index (κ2) is 8.79. The van der Waals surface area contributed by atoms with Crippen molar-refractivity contribution in [3.05, 3.63) is 24.8 Å². The minimum absolute atomic E-state index is 0.557. The zero-order chi connectivity index (χ0) is 13.3. The molecule has 1 fully saturated rings. The summed E-state index contributed by atoms with van der Waals surface area (Å²) in [7, 11) is 0. The van der Waals surface area contributed by atoms with Gasteiger partial charge in [0.05, 0.1) is 11.6 Å². The molecule has 0 aromatic heterocycles. The van der Waals surface area contributed by atoms with Crippen molar-refractivity contribution in [3.63, 3.8) is 0 Å². The van der Waals surface area contributed by atoms with E-state index in [2.05, 4.69) is 37.2 Å². The van der Waals surface area contributed by atoms with Gasteiger partial charge in [-0.15, -0.1) is 0 Å². The molecular weight excluding hydrogens is 212 g/mol. The summed E-state index contributed by atoms with van der Waals surface area (Å²) >= 11 is 0. The highest BCUT2D eigenvalue weighted by Crippen LogP contribution is 2.16. The molecule has 0 saturated carbocycles. The third-order valence-corrected chi connectivity index (χ3v) is 2.67. The Kier molecular flexibility index (Phi) is 8.11. The van der Waals surface area contributed by atoms with E-state index in [1.54, 1.807) is 0 Å². The van der Waals surface area contributed by atoms with Crippen molar-refractivity contribution in [3.8, 4) is 0 Å². The van der Waals surface area contributed by atoms with Gasteiger partial charge in [-0.05, 0) is 25.2 Å². The third kappa shape index (κ3) is 8.48. The topological polar surface area (TPSA) is 67.3 Å². The molecule has 5 N–H and O–H groups in total. The Hall–Kier alpha value is -1.32. The number of piperidine rings is 1. The van der Waals surface area contributed by atoms with Gasteiger partial charge < -0.3 is 21.7 Å². The second-order valence-electron chi connectivity index (χ2n) is 4.64. The van der Waals surface area contributed by atoms with E-state index in [4.69, 9.17) is 11.5 Å². The van der Waals surface area contributed by atoms with Crippen molar-refractivity contribution in [1.29, 1.82) is 0 Å². The lowest BCUT2D eigenvalue weighted by Crippen LogP contribution is -2.35. The van der Waals surface area contributed by atoms with E-state index in [1.165, 1.54) is 12.8 Å². The molecule has 0 aromatic rings. The molecular formula is C13H28N4. The van der Waals surface area contributed by atoms with Gasteiger partial charge in [-0.1, -0.05) is 27.0 Å². The van der Waals surface area contributed by atoms with Gasteiger partial charge in [-0.2, -0.15) is 0 Å². The highest BCUT2D eigenvalue weighted by molar-refractivity contribution is 4.89. The van der Waals surface area contributed by atoms with Crippen LogP contribution in [0.25, 0.3) is 0 Å². The molecule has 1 saturated heterocycles. The molecule has 0 aromatic carbocycles. The molecule has 1 aliphatic heterocycles. The van der Waals surface area contributed by atoms with Crippen molar-refractivity contribution in [2.24, 2.45) is 17.4 Å². The molecule has 0 amide bonds. The molecule has 1 rings (SSSR count). The first kappa shape index (κ1) is 15.7. The fourth-order valence-corrected chi connectivity index (χ4v) is 1.74. The van der Waals surface area contributed by atoms with Crippen molar-refractivity contribution in [2.75, 3.05) is 19.6 Å². The van der Waals surface area contributed by atoms with Gasteiger partial charge >= 0.3 is 0 Å². The molecule has 1 unspecified atom stereocenters. The van der Waals surface area contributed by atoms with Gasteiger partial charge in [-0.25, -0.2) is 0 Å². The first-order chi connectivity index (χ1) is 7.97. The van der Waals surface area contributed by atoms with Gasteiger partial charge in [0.25, 0.3) is 0 Å². The number of nitrogens with one attached hydrogen (secondary N) is 1. The molecule has 0 bridgehead atoms. The summed E-state index contributed by atoms with van der Waals surface area (Å²) in [5, 5.41) is 2.88. The summed E-state index contributed by atoms with van der Waals surface area (Å²) in [5.41, 5.74) is 10.7. The Bertz CT molecular complexity index is 238. The Labute approximate surface area is 106 Å². The van der Waals surface area contributed by atoms with Crippen LogP contribution in [0.15, 0.2) is 24.8 Å². The molecule has 0 aliphatic carbocycles. The maximum atomic E-state index is 5.56. The normalized spacial score (nSPS) is 18.9. The number of nitrogens with two attached hydrogens (primary N) is 2. The summed E-state index contributed by atoms with van der Waals surface area (Å²) in [5.74, 6) is 2.07. The fourth-order valence-electron chi connectivity index (χ4n) is 1.74. The highest BCUT2D eigenvalue weighted by atomic mass is 15.2. The van der Waals surface area contributed by atoms with Crippen LogP contribution in [0.1, 0.15) is 33.1 Å². The van der Waals surface area contributed by atoms with Crippen molar-refractivity contribution < 1.29 is 0 Å². The number of nitrogens with zero attached hydrogens (tertiary/aromatic N) is 1. The van der Waals surface area contributed by atoms with E-state index in [1.807, 2.05) is 0 Å². The van der Waals surface area contributed by atoms with Crippen LogP contribution in [0.4, 0.5) is 0 Å². The number of rotatable bonds is 4. The summed E-state index contributed by atoms with van der Waals surface area (Å²) < 4.78 is 0. The minimum atomic E-state index is 0.557. The largest absolute Gasteiger partial charge is 0.386 e. The van der Waals surface area contributed by atoms with Crippen LogP contribution < -0.4 is 16.8 Å². The molecule has 4 heteroatoms. The zero-order valence-corrected chi connectivity index (χ0v) is 11.3. The number of likely N-dealkylation sites (tertiary alicyclic amines) is 1. The summed E-state index contributed by atoms with van der Waals surface area (Å²) in [6, 6.07) is 0. The molecule has 1 heterocycles. The summed E-state index contributed by atoms with van der Waals surface area (Å²) in [6.07, 6.45) is 3.69. The van der Waals surface area contributed by atoms with Crippen LogP contribution >= 0.6 is 0 Å². The van der Waals surface area contributed by atoms with Crippen molar-refractivity contribution in [2.45, 2.75) is 33.1 Å². The predicted molar refractivity (Wildman–Crippen MR) is 74.9 cm³/mol. The van der Waals surface area contributed by atoms with E-state index in [-0.39, 0.29) is 0 Å². The first-order valence-electron chi connectivity index (χ1n) is 6.35. The van der Waals surface area contributed by atoms with E-state index >= 15 is 0 Å². The smallest absolute Gasteiger partial charge is 0.0912 e. The van der Waals surface area contributed by atoms with Gasteiger partial charge in [-0.3, -0.25) is 0 Å². The van der Waals surface area contributed by atoms with Crippen LogP contribution in [0, 0.1) is 5.92 Å². The van der Waals surface area contributed by atoms with Gasteiger partial charge in [0.1, 0.15) is 0 Å². The number of hydrogen-bond donors (Lipinski definition) is 3. The van der Waals surface area contributed by atoms with E-state index < -0.39 is 0 Å². The number of hydrogen-bond acceptors (Lipinski definition) is 4. The SMILES string of the molecule is C=C(N)N1CCCC(C)C1.C=C(N)NCCC. The van der Waals surface area contributed by atoms with Gasteiger partial charge in [0, 0.05) is 19.6 Å². The Balaban J connectivity index is 0.000000325. The molecule has 100 valence electrons. The molecule has 4 nitrogen and oxygen atoms in total. The third-order valence-electron chi connectivity index (χ3n) is 2.67. The molecule has 17 heavy (non-hydrogen) atoms. The van der Waals surface area contributed by atoms with E-state index in [0.717, 1.165) is 37.8 Å². The fraction of sp³-hybridized carbons (Fsp3) is 0.692. The van der Waals surface area contributed by atoms with Crippen LogP contribution in [0.5, 0.6) is 0 Å². The quantitative estimate of drug-likeness (QED) is 0.698. The lowest BCUT2D eigenvalue weighted by atomic mass is 10.0. The van der Waals surface area contributed by atoms with Crippen LogP contribution in [0.3, 0.4) is 0 Å². The molecule has 1 atom stereocenters. The Morgan fingerprint density at radius 1 is 1.41 bits per heavy atom. The van der Waals surface area contributed by atoms with Gasteiger partial charge in [0.2, 0.25) is 0 Å². The van der Waals surface area contributed by atoms with E-state index in [0.29, 0.717) is 5.82 Å². The molecule has 1 aliphatic rings. The summed E-state index contributed by atoms with van der Waals surface area (Å²) in [6.45, 7) is 14.6. The average molecular weight is 240 g/mol. The Morgan fingerprint density at radius 2 is 2.06 bits per heavy atom. The van der Waals surface area contributed by atoms with Gasteiger partial charge in [0.15, 0.2) is 0 Å². The molecule has 0 radical (unpaired) electrons. The Morgan fingerprint density at radius 3 is 2.35 bits per heavy atom. The monoisotopic (exact) mass is 240 g/mol. The minimum Gasteiger partial charge on any atom is -0.386 e. The van der Waals surface area contributed by atoms with Crippen LogP contribution in [0.2, 0.25) is 0 Å². The highest BCUT2D eigenvalue weighted by Gasteiger charge is 2.15. The van der Waals surface area contributed by atoms with E-state index in [9.17, 15) is 0 Å². The average Bonchev–Trinajstić information content (AvgIpc) is 2.27. The first-order valence-corrected chi connectivity index (χ1v) is 6.35. The maximum Gasteiger partial charge on any atom is 0.0912 e. The predicted octanol–water partition coefficient (Wildman–Crippen LogP) is 1.56. The maximum absolute atomic E-state index is 5.56. The second-order valence-corrected chi connectivity index (χ2v) is 4.64. The lowest BCUT2D eigenvalue weighted by molar-refractivity contribution is 0.228. The van der Waals surface area contributed by atoms with Crippen LogP contribution in [-0.2, 0) is 0 Å². The van der Waals surface area contributed by atoms with Crippen molar-refractivity contribution in [1.82, 2.24) is 10.2 Å². The summed E-state index contributed by atoms with van der Waals surface area (Å²) in [4.78, 5) is 2.16. The lowest BCUT2D eigenvalue weighted by Gasteiger charge is -2.32. The van der Waals surface area contributed by atoms with Crippen molar-refractivity contribution >= 4 is 0 Å². The zero-order valence-electron chi connectivity index (χ0n) is 11.3. The standard InChI is InChI=1S/C8H16N2.C5H12N2/c1-7-4-3-5-10(6-7)8(2)9;1-3-4-7-5(2)6/h7H,2-6,9H2,1H3;7H,2-4,6H2,1H3. The molecule has 0 spiro atoms. The van der Waals surface area contributed by atoms with Crippen LogP contribution in [-0.4, -0.2) is 24.5 Å².